The van der Waals surface area contributed by atoms with Gasteiger partial charge in [-0.05, 0) is 59.7 Å². The second-order valence-corrected chi connectivity index (χ2v) is 6.61. The lowest BCUT2D eigenvalue weighted by Crippen LogP contribution is -1.94. The predicted molar refractivity (Wildman–Crippen MR) is 106 cm³/mol. The summed E-state index contributed by atoms with van der Waals surface area (Å²) in [6.07, 6.45) is 3.89. The van der Waals surface area contributed by atoms with Crippen LogP contribution in [0.15, 0.2) is 66.7 Å². The molecule has 0 atom stereocenters. The van der Waals surface area contributed by atoms with Crippen LogP contribution in [0.4, 0.5) is 4.39 Å². The van der Waals surface area contributed by atoms with Crippen molar-refractivity contribution in [2.45, 2.75) is 32.6 Å². The summed E-state index contributed by atoms with van der Waals surface area (Å²) in [4.78, 5) is 0. The number of hydrogen-bond donors (Lipinski definition) is 0. The summed E-state index contributed by atoms with van der Waals surface area (Å²) in [5.41, 5.74) is 5.14. The SMILES string of the molecule is CCCc1ccc(-c2ccc(CCc3ccc(OC)cc3)cc2F)cc1. The Labute approximate surface area is 155 Å². The number of rotatable bonds is 7. The van der Waals surface area contributed by atoms with E-state index >= 15 is 0 Å². The molecule has 0 aliphatic carbocycles. The lowest BCUT2D eigenvalue weighted by atomic mass is 9.98. The third kappa shape index (κ3) is 4.51. The Balaban J connectivity index is 1.68. The first-order chi connectivity index (χ1) is 12.7. The normalized spacial score (nSPS) is 10.7. The summed E-state index contributed by atoms with van der Waals surface area (Å²) in [5, 5.41) is 0. The molecule has 0 radical (unpaired) electrons. The van der Waals surface area contributed by atoms with Crippen LogP contribution in [-0.2, 0) is 19.3 Å². The average Bonchev–Trinajstić information content (AvgIpc) is 2.68. The van der Waals surface area contributed by atoms with Crippen LogP contribution >= 0.6 is 0 Å². The Bertz CT molecular complexity index is 835. The highest BCUT2D eigenvalue weighted by atomic mass is 19.1. The smallest absolute Gasteiger partial charge is 0.131 e. The molecule has 0 fully saturated rings. The van der Waals surface area contributed by atoms with E-state index in [2.05, 4.69) is 31.2 Å². The van der Waals surface area contributed by atoms with E-state index in [0.717, 1.165) is 42.6 Å². The van der Waals surface area contributed by atoms with Crippen molar-refractivity contribution >= 4 is 0 Å². The number of ether oxygens (including phenoxy) is 1. The van der Waals surface area contributed by atoms with Gasteiger partial charge in [0.05, 0.1) is 7.11 Å². The second-order valence-electron chi connectivity index (χ2n) is 6.61. The van der Waals surface area contributed by atoms with Crippen molar-refractivity contribution in [2.24, 2.45) is 0 Å². The van der Waals surface area contributed by atoms with Crippen LogP contribution in [0.5, 0.6) is 5.75 Å². The van der Waals surface area contributed by atoms with Crippen molar-refractivity contribution in [1.82, 2.24) is 0 Å². The fourth-order valence-corrected chi connectivity index (χ4v) is 3.17. The second kappa shape index (κ2) is 8.66. The quantitative estimate of drug-likeness (QED) is 0.491. The molecule has 134 valence electrons. The Morgan fingerprint density at radius 1 is 0.731 bits per heavy atom. The molecule has 0 aromatic heterocycles. The number of benzene rings is 3. The summed E-state index contributed by atoms with van der Waals surface area (Å²) < 4.78 is 19.8. The molecule has 0 amide bonds. The van der Waals surface area contributed by atoms with Gasteiger partial charge in [-0.15, -0.1) is 0 Å². The topological polar surface area (TPSA) is 9.23 Å². The van der Waals surface area contributed by atoms with Crippen LogP contribution in [-0.4, -0.2) is 7.11 Å². The van der Waals surface area contributed by atoms with Crippen LogP contribution in [0.25, 0.3) is 11.1 Å². The lowest BCUT2D eigenvalue weighted by Gasteiger charge is -2.08. The van der Waals surface area contributed by atoms with E-state index in [1.54, 1.807) is 13.2 Å². The van der Waals surface area contributed by atoms with Crippen molar-refractivity contribution in [2.75, 3.05) is 7.11 Å². The molecule has 0 spiro atoms. The molecular weight excluding hydrogens is 323 g/mol. The summed E-state index contributed by atoms with van der Waals surface area (Å²) in [6.45, 7) is 2.16. The van der Waals surface area contributed by atoms with Gasteiger partial charge >= 0.3 is 0 Å². The van der Waals surface area contributed by atoms with Gasteiger partial charge in [0.1, 0.15) is 11.6 Å². The standard InChI is InChI=1S/C24H25FO/c1-3-4-18-7-12-21(13-8-18)23-16-11-20(17-24(23)25)6-5-19-9-14-22(26-2)15-10-19/h7-17H,3-6H2,1-2H3. The van der Waals surface area contributed by atoms with Crippen LogP contribution in [0, 0.1) is 5.82 Å². The summed E-state index contributed by atoms with van der Waals surface area (Å²) in [7, 11) is 1.66. The molecular formula is C24H25FO. The molecule has 3 aromatic carbocycles. The summed E-state index contributed by atoms with van der Waals surface area (Å²) >= 11 is 0. The molecule has 0 saturated heterocycles. The van der Waals surface area contributed by atoms with Gasteiger partial charge in [-0.2, -0.15) is 0 Å². The highest BCUT2D eigenvalue weighted by Gasteiger charge is 2.07. The minimum atomic E-state index is -0.152. The Kier molecular flexibility index (Phi) is 6.06. The van der Waals surface area contributed by atoms with E-state index in [1.807, 2.05) is 36.4 Å². The number of methoxy groups -OCH3 is 1. The highest BCUT2D eigenvalue weighted by molar-refractivity contribution is 5.64. The van der Waals surface area contributed by atoms with Crippen LogP contribution in [0.2, 0.25) is 0 Å². The minimum Gasteiger partial charge on any atom is -0.497 e. The molecule has 0 unspecified atom stereocenters. The summed E-state index contributed by atoms with van der Waals surface area (Å²) in [5.74, 6) is 0.703. The zero-order chi connectivity index (χ0) is 18.4. The van der Waals surface area contributed by atoms with Gasteiger partial charge in [0.2, 0.25) is 0 Å². The number of halogens is 1. The fraction of sp³-hybridized carbons (Fsp3) is 0.250. The van der Waals surface area contributed by atoms with Gasteiger partial charge in [-0.3, -0.25) is 0 Å². The van der Waals surface area contributed by atoms with E-state index in [-0.39, 0.29) is 5.82 Å². The first kappa shape index (κ1) is 18.2. The first-order valence-electron chi connectivity index (χ1n) is 9.20. The molecule has 3 rings (SSSR count). The molecule has 0 saturated carbocycles. The van der Waals surface area contributed by atoms with Gasteiger partial charge < -0.3 is 4.74 Å². The Morgan fingerprint density at radius 2 is 1.31 bits per heavy atom. The molecule has 1 nitrogen and oxygen atoms in total. The van der Waals surface area contributed by atoms with E-state index in [0.29, 0.717) is 5.56 Å². The van der Waals surface area contributed by atoms with Gasteiger partial charge in [-0.1, -0.05) is 61.9 Å². The van der Waals surface area contributed by atoms with Crippen molar-refractivity contribution < 1.29 is 9.13 Å². The van der Waals surface area contributed by atoms with Crippen LogP contribution < -0.4 is 4.74 Å². The molecule has 0 aliphatic heterocycles. The van der Waals surface area contributed by atoms with Crippen molar-refractivity contribution in [3.63, 3.8) is 0 Å². The van der Waals surface area contributed by atoms with Crippen LogP contribution in [0.3, 0.4) is 0 Å². The zero-order valence-electron chi connectivity index (χ0n) is 15.5. The fourth-order valence-electron chi connectivity index (χ4n) is 3.17. The molecule has 26 heavy (non-hydrogen) atoms. The maximum absolute atomic E-state index is 14.6. The van der Waals surface area contributed by atoms with E-state index in [4.69, 9.17) is 4.74 Å². The van der Waals surface area contributed by atoms with Gasteiger partial charge in [0, 0.05) is 5.56 Å². The van der Waals surface area contributed by atoms with Gasteiger partial charge in [-0.25, -0.2) is 4.39 Å². The monoisotopic (exact) mass is 348 g/mol. The average molecular weight is 348 g/mol. The zero-order valence-corrected chi connectivity index (χ0v) is 15.5. The highest BCUT2D eigenvalue weighted by Crippen LogP contribution is 2.25. The Morgan fingerprint density at radius 3 is 1.92 bits per heavy atom. The number of hydrogen-bond acceptors (Lipinski definition) is 1. The third-order valence-corrected chi connectivity index (χ3v) is 4.70. The molecule has 0 bridgehead atoms. The molecule has 2 heteroatoms. The minimum absolute atomic E-state index is 0.152. The molecule has 3 aromatic rings. The van der Waals surface area contributed by atoms with Crippen molar-refractivity contribution in [1.29, 1.82) is 0 Å². The molecule has 0 N–H and O–H groups in total. The summed E-state index contributed by atoms with van der Waals surface area (Å²) in [6, 6.07) is 21.8. The predicted octanol–water partition coefficient (Wildman–Crippen LogP) is 6.24. The van der Waals surface area contributed by atoms with Gasteiger partial charge in [0.25, 0.3) is 0 Å². The first-order valence-corrected chi connectivity index (χ1v) is 9.20. The largest absolute Gasteiger partial charge is 0.497 e. The van der Waals surface area contributed by atoms with E-state index < -0.39 is 0 Å². The van der Waals surface area contributed by atoms with Crippen molar-refractivity contribution in [3.8, 4) is 16.9 Å². The van der Waals surface area contributed by atoms with E-state index in [9.17, 15) is 4.39 Å². The van der Waals surface area contributed by atoms with E-state index in [1.165, 1.54) is 11.1 Å². The third-order valence-electron chi connectivity index (χ3n) is 4.70. The van der Waals surface area contributed by atoms with Gasteiger partial charge in [0.15, 0.2) is 0 Å². The number of aryl methyl sites for hydroxylation is 3. The van der Waals surface area contributed by atoms with Crippen molar-refractivity contribution in [3.05, 3.63) is 89.2 Å². The molecule has 0 heterocycles. The lowest BCUT2D eigenvalue weighted by molar-refractivity contribution is 0.414. The maximum atomic E-state index is 14.6. The Hall–Kier alpha value is -2.61. The van der Waals surface area contributed by atoms with Crippen LogP contribution in [0.1, 0.15) is 30.0 Å². The molecule has 0 aliphatic rings. The maximum Gasteiger partial charge on any atom is 0.131 e.